The van der Waals surface area contributed by atoms with Crippen LogP contribution in [0.5, 0.6) is 0 Å². The Morgan fingerprint density at radius 1 is 1.39 bits per heavy atom. The maximum atomic E-state index is 11.6. The highest BCUT2D eigenvalue weighted by atomic mass is 32.2. The number of hydrogen-bond donors (Lipinski definition) is 0. The summed E-state index contributed by atoms with van der Waals surface area (Å²) in [5, 5.41) is 21.1. The molecule has 0 bridgehead atoms. The SMILES string of the molecule is C[S@@](=O)c1ccc([S@](=O)CC(=O)[O-])c([N+](=O)[O-])c1. The van der Waals surface area contributed by atoms with Crippen molar-refractivity contribution in [2.45, 2.75) is 9.79 Å². The molecule has 0 amide bonds. The van der Waals surface area contributed by atoms with E-state index in [1.54, 1.807) is 0 Å². The summed E-state index contributed by atoms with van der Waals surface area (Å²) in [7, 11) is -3.49. The van der Waals surface area contributed by atoms with Gasteiger partial charge in [-0.05, 0) is 12.1 Å². The van der Waals surface area contributed by atoms with E-state index < -0.39 is 43.9 Å². The molecule has 0 saturated heterocycles. The zero-order valence-electron chi connectivity index (χ0n) is 9.15. The number of aliphatic carboxylic acids is 1. The van der Waals surface area contributed by atoms with Crippen molar-refractivity contribution < 1.29 is 23.2 Å². The van der Waals surface area contributed by atoms with Crippen molar-refractivity contribution in [1.82, 2.24) is 0 Å². The van der Waals surface area contributed by atoms with Gasteiger partial charge in [0.1, 0.15) is 4.90 Å². The van der Waals surface area contributed by atoms with E-state index in [4.69, 9.17) is 0 Å². The van der Waals surface area contributed by atoms with Crippen LogP contribution in [0.4, 0.5) is 5.69 Å². The van der Waals surface area contributed by atoms with Gasteiger partial charge in [0.05, 0.1) is 38.2 Å². The van der Waals surface area contributed by atoms with Crippen LogP contribution in [0.15, 0.2) is 28.0 Å². The third-order valence-corrected chi connectivity index (χ3v) is 4.20. The predicted octanol–water partition coefficient (Wildman–Crippen LogP) is -0.810. The summed E-state index contributed by atoms with van der Waals surface area (Å²) in [6, 6.07) is 3.48. The number of nitro benzene ring substituents is 1. The van der Waals surface area contributed by atoms with E-state index in [0.717, 1.165) is 12.1 Å². The lowest BCUT2D eigenvalue weighted by Gasteiger charge is -2.05. The van der Waals surface area contributed by atoms with Crippen LogP contribution < -0.4 is 5.11 Å². The highest BCUT2D eigenvalue weighted by Gasteiger charge is 2.20. The molecule has 1 rings (SSSR count). The van der Waals surface area contributed by atoms with Gasteiger partial charge in [0.15, 0.2) is 0 Å². The number of carboxylic acids is 1. The average Bonchev–Trinajstić information content (AvgIpc) is 2.26. The standard InChI is InChI=1S/C9H9NO6S2/c1-17(15)6-2-3-8(7(4-6)10(13)14)18(16)5-9(11)12/h2-4H,5H2,1H3,(H,11,12)/p-1/t17-,18-/m1/s1. The Morgan fingerprint density at radius 2 is 2.00 bits per heavy atom. The number of nitrogens with zero attached hydrogens (tertiary/aromatic N) is 1. The molecule has 0 aliphatic carbocycles. The van der Waals surface area contributed by atoms with E-state index in [2.05, 4.69) is 0 Å². The van der Waals surface area contributed by atoms with Crippen LogP contribution in [0.1, 0.15) is 0 Å². The number of hydrogen-bond acceptors (Lipinski definition) is 6. The summed E-state index contributed by atoms with van der Waals surface area (Å²) < 4.78 is 22.8. The summed E-state index contributed by atoms with van der Waals surface area (Å²) in [5.74, 6) is -2.39. The maximum Gasteiger partial charge on any atom is 0.286 e. The molecule has 0 saturated carbocycles. The lowest BCUT2D eigenvalue weighted by Crippen LogP contribution is -2.28. The molecule has 0 aliphatic rings. The van der Waals surface area contributed by atoms with Crippen LogP contribution >= 0.6 is 0 Å². The number of carboxylic acid groups (broad SMARTS) is 1. The quantitative estimate of drug-likeness (QED) is 0.517. The first kappa shape index (κ1) is 14.5. The molecular formula is C9H8NO6S2-. The largest absolute Gasteiger partial charge is 0.549 e. The van der Waals surface area contributed by atoms with Crippen molar-refractivity contribution in [1.29, 1.82) is 0 Å². The third kappa shape index (κ3) is 3.44. The normalized spacial score (nSPS) is 13.8. The van der Waals surface area contributed by atoms with E-state index >= 15 is 0 Å². The van der Waals surface area contributed by atoms with Crippen molar-refractivity contribution in [3.63, 3.8) is 0 Å². The second-order valence-electron chi connectivity index (χ2n) is 3.20. The molecule has 0 spiro atoms. The number of carbonyl (C=O) groups is 1. The van der Waals surface area contributed by atoms with Gasteiger partial charge in [0.25, 0.3) is 5.69 Å². The van der Waals surface area contributed by atoms with E-state index in [1.807, 2.05) is 0 Å². The first-order valence-corrected chi connectivity index (χ1v) is 7.40. The fourth-order valence-corrected chi connectivity index (χ4v) is 2.69. The third-order valence-electron chi connectivity index (χ3n) is 1.95. The molecule has 0 fully saturated rings. The lowest BCUT2D eigenvalue weighted by molar-refractivity contribution is -0.388. The van der Waals surface area contributed by atoms with E-state index in [9.17, 15) is 28.4 Å². The second-order valence-corrected chi connectivity index (χ2v) is 6.00. The van der Waals surface area contributed by atoms with Crippen molar-refractivity contribution in [3.8, 4) is 0 Å². The number of nitro groups is 1. The Hall–Kier alpha value is -1.61. The number of carbonyl (C=O) groups excluding carboxylic acids is 1. The lowest BCUT2D eigenvalue weighted by atomic mass is 10.3. The smallest absolute Gasteiger partial charge is 0.286 e. The fourth-order valence-electron chi connectivity index (χ4n) is 1.20. The number of benzene rings is 1. The van der Waals surface area contributed by atoms with E-state index in [1.165, 1.54) is 12.3 Å². The highest BCUT2D eigenvalue weighted by Crippen LogP contribution is 2.25. The van der Waals surface area contributed by atoms with Crippen molar-refractivity contribution >= 4 is 33.3 Å². The van der Waals surface area contributed by atoms with Gasteiger partial charge in [-0.25, -0.2) is 0 Å². The molecule has 1 aromatic carbocycles. The Kier molecular flexibility index (Phi) is 4.68. The Bertz CT molecular complexity index is 556. The Balaban J connectivity index is 3.27. The van der Waals surface area contributed by atoms with Gasteiger partial charge in [-0.2, -0.15) is 0 Å². The topological polar surface area (TPSA) is 117 Å². The van der Waals surface area contributed by atoms with Gasteiger partial charge in [0.2, 0.25) is 0 Å². The second kappa shape index (κ2) is 5.83. The molecule has 0 N–H and O–H groups in total. The number of rotatable bonds is 5. The van der Waals surface area contributed by atoms with Gasteiger partial charge in [-0.1, -0.05) is 0 Å². The van der Waals surface area contributed by atoms with Gasteiger partial charge in [-0.15, -0.1) is 0 Å². The molecule has 0 aromatic heterocycles. The molecule has 7 nitrogen and oxygen atoms in total. The van der Waals surface area contributed by atoms with Crippen LogP contribution in [0.25, 0.3) is 0 Å². The van der Waals surface area contributed by atoms with Gasteiger partial charge in [0, 0.05) is 17.2 Å². The molecule has 2 atom stereocenters. The summed E-state index contributed by atoms with van der Waals surface area (Å²) in [4.78, 5) is 20.3. The molecule has 0 unspecified atom stereocenters. The minimum absolute atomic E-state index is 0.205. The van der Waals surface area contributed by atoms with Crippen molar-refractivity contribution in [2.75, 3.05) is 12.0 Å². The Morgan fingerprint density at radius 3 is 2.44 bits per heavy atom. The minimum atomic E-state index is -2.07. The van der Waals surface area contributed by atoms with Crippen molar-refractivity contribution in [2.24, 2.45) is 0 Å². The van der Waals surface area contributed by atoms with Gasteiger partial charge >= 0.3 is 0 Å². The van der Waals surface area contributed by atoms with Crippen LogP contribution in [-0.4, -0.2) is 31.3 Å². The molecule has 1 aromatic rings. The van der Waals surface area contributed by atoms with Crippen LogP contribution in [0.2, 0.25) is 0 Å². The predicted molar refractivity (Wildman–Crippen MR) is 61.7 cm³/mol. The molecule has 9 heteroatoms. The summed E-state index contributed by atoms with van der Waals surface area (Å²) in [6.45, 7) is 0. The zero-order valence-corrected chi connectivity index (χ0v) is 10.8. The van der Waals surface area contributed by atoms with Gasteiger partial charge in [-0.3, -0.25) is 18.5 Å². The Labute approximate surface area is 107 Å². The van der Waals surface area contributed by atoms with Crippen LogP contribution in [0, 0.1) is 10.1 Å². The van der Waals surface area contributed by atoms with Crippen molar-refractivity contribution in [3.05, 3.63) is 28.3 Å². The summed E-state index contributed by atoms with van der Waals surface area (Å²) >= 11 is 0. The molecule has 18 heavy (non-hydrogen) atoms. The molecular weight excluding hydrogens is 282 g/mol. The molecule has 0 aliphatic heterocycles. The van der Waals surface area contributed by atoms with E-state index in [0.29, 0.717) is 0 Å². The van der Waals surface area contributed by atoms with Crippen LogP contribution in [-0.2, 0) is 26.4 Å². The highest BCUT2D eigenvalue weighted by molar-refractivity contribution is 7.86. The first-order chi connectivity index (χ1) is 8.32. The summed E-state index contributed by atoms with van der Waals surface area (Å²) in [5.41, 5.74) is -0.512. The average molecular weight is 290 g/mol. The van der Waals surface area contributed by atoms with Gasteiger partial charge < -0.3 is 9.90 Å². The monoisotopic (exact) mass is 290 g/mol. The fraction of sp³-hybridized carbons (Fsp3) is 0.222. The summed E-state index contributed by atoms with van der Waals surface area (Å²) in [6.07, 6.45) is 1.34. The molecule has 98 valence electrons. The van der Waals surface area contributed by atoms with Crippen LogP contribution in [0.3, 0.4) is 0 Å². The molecule has 0 radical (unpaired) electrons. The first-order valence-electron chi connectivity index (χ1n) is 4.53. The van der Waals surface area contributed by atoms with E-state index in [-0.39, 0.29) is 9.79 Å². The molecule has 0 heterocycles. The minimum Gasteiger partial charge on any atom is -0.549 e. The maximum absolute atomic E-state index is 11.6. The zero-order chi connectivity index (χ0) is 13.9.